The van der Waals surface area contributed by atoms with E-state index in [-0.39, 0.29) is 0 Å². The number of carbonyl (C=O) groups is 1. The van der Waals surface area contributed by atoms with Crippen LogP contribution in [-0.2, 0) is 6.54 Å². The predicted molar refractivity (Wildman–Crippen MR) is 75.4 cm³/mol. The molecule has 0 atom stereocenters. The van der Waals surface area contributed by atoms with Crippen molar-refractivity contribution < 1.29 is 9.90 Å². The molecule has 1 saturated heterocycles. The lowest BCUT2D eigenvalue weighted by Gasteiger charge is -2.31. The summed E-state index contributed by atoms with van der Waals surface area (Å²) in [4.78, 5) is 13.2. The molecule has 0 spiro atoms. The molecule has 1 aromatic carbocycles. The quantitative estimate of drug-likeness (QED) is 0.851. The second-order valence-corrected chi connectivity index (χ2v) is 5.09. The molecule has 4 heteroatoms. The van der Waals surface area contributed by atoms with E-state index in [9.17, 15) is 4.79 Å². The van der Waals surface area contributed by atoms with Crippen molar-refractivity contribution in [2.24, 2.45) is 0 Å². The van der Waals surface area contributed by atoms with E-state index in [1.807, 2.05) is 12.1 Å². The average Bonchev–Trinajstić information content (AvgIpc) is 2.46. The van der Waals surface area contributed by atoms with Crippen LogP contribution >= 0.6 is 0 Å². The molecule has 0 bridgehead atoms. The van der Waals surface area contributed by atoms with Crippen LogP contribution in [-0.4, -0.2) is 41.7 Å². The number of aromatic carboxylic acids is 1. The zero-order valence-electron chi connectivity index (χ0n) is 11.4. The Hall–Kier alpha value is -1.39. The number of benzene rings is 1. The van der Waals surface area contributed by atoms with Crippen molar-refractivity contribution in [3.63, 3.8) is 0 Å². The summed E-state index contributed by atoms with van der Waals surface area (Å²) in [6.45, 7) is 6.51. The molecule has 0 aromatic heterocycles. The lowest BCUT2D eigenvalue weighted by molar-refractivity contribution is 0.0697. The van der Waals surface area contributed by atoms with Gasteiger partial charge in [-0.2, -0.15) is 0 Å². The lowest BCUT2D eigenvalue weighted by Crippen LogP contribution is -2.42. The first-order valence-corrected chi connectivity index (χ1v) is 6.97. The predicted octanol–water partition coefficient (Wildman–Crippen LogP) is 1.96. The summed E-state index contributed by atoms with van der Waals surface area (Å²) in [7, 11) is 0. The molecule has 2 rings (SSSR count). The highest BCUT2D eigenvalue weighted by atomic mass is 16.4. The Kier molecular flexibility index (Phi) is 4.93. The number of likely N-dealkylation sites (tertiary alicyclic amines) is 1. The van der Waals surface area contributed by atoms with Crippen molar-refractivity contribution in [3.8, 4) is 0 Å². The van der Waals surface area contributed by atoms with Gasteiger partial charge in [-0.25, -0.2) is 4.79 Å². The minimum absolute atomic E-state index is 0.347. The van der Waals surface area contributed by atoms with E-state index >= 15 is 0 Å². The third kappa shape index (κ3) is 4.04. The molecular formula is C15H22N2O2. The minimum atomic E-state index is -0.869. The third-order valence-corrected chi connectivity index (χ3v) is 3.83. The zero-order valence-corrected chi connectivity index (χ0v) is 11.4. The Labute approximate surface area is 114 Å². The van der Waals surface area contributed by atoms with E-state index in [1.54, 1.807) is 12.1 Å². The molecule has 1 aromatic rings. The smallest absolute Gasteiger partial charge is 0.335 e. The fourth-order valence-corrected chi connectivity index (χ4v) is 2.48. The van der Waals surface area contributed by atoms with E-state index < -0.39 is 5.97 Å². The number of piperidine rings is 1. The number of carboxylic acids is 1. The summed E-state index contributed by atoms with van der Waals surface area (Å²) in [5.74, 6) is -0.869. The topological polar surface area (TPSA) is 52.6 Å². The van der Waals surface area contributed by atoms with Crippen LogP contribution in [0.25, 0.3) is 0 Å². The van der Waals surface area contributed by atoms with Crippen LogP contribution in [0.4, 0.5) is 0 Å². The average molecular weight is 262 g/mol. The van der Waals surface area contributed by atoms with Crippen molar-refractivity contribution in [3.05, 3.63) is 35.4 Å². The largest absolute Gasteiger partial charge is 0.478 e. The van der Waals surface area contributed by atoms with Crippen molar-refractivity contribution in [1.29, 1.82) is 0 Å². The van der Waals surface area contributed by atoms with E-state index in [0.29, 0.717) is 11.6 Å². The molecule has 0 saturated carbocycles. The normalized spacial score (nSPS) is 17.5. The molecule has 1 aliphatic heterocycles. The summed E-state index contributed by atoms with van der Waals surface area (Å²) >= 11 is 0. The van der Waals surface area contributed by atoms with Gasteiger partial charge < -0.3 is 15.3 Å². The van der Waals surface area contributed by atoms with E-state index in [1.165, 1.54) is 25.9 Å². The van der Waals surface area contributed by atoms with Gasteiger partial charge >= 0.3 is 5.97 Å². The first kappa shape index (κ1) is 14.0. The maximum absolute atomic E-state index is 10.8. The Morgan fingerprint density at radius 2 is 1.95 bits per heavy atom. The Bertz CT molecular complexity index is 409. The molecule has 2 N–H and O–H groups in total. The molecule has 104 valence electrons. The van der Waals surface area contributed by atoms with Crippen LogP contribution in [0.3, 0.4) is 0 Å². The number of nitrogens with one attached hydrogen (secondary N) is 1. The van der Waals surface area contributed by atoms with Gasteiger partial charge in [-0.15, -0.1) is 0 Å². The van der Waals surface area contributed by atoms with Gasteiger partial charge in [0.2, 0.25) is 0 Å². The van der Waals surface area contributed by atoms with E-state index in [2.05, 4.69) is 17.1 Å². The van der Waals surface area contributed by atoms with Gasteiger partial charge in [0.05, 0.1) is 5.56 Å². The second kappa shape index (κ2) is 6.68. The van der Waals surface area contributed by atoms with Crippen LogP contribution in [0.1, 0.15) is 35.7 Å². The van der Waals surface area contributed by atoms with Crippen molar-refractivity contribution in [2.75, 3.05) is 19.6 Å². The van der Waals surface area contributed by atoms with Crippen LogP contribution in [0.2, 0.25) is 0 Å². The van der Waals surface area contributed by atoms with Gasteiger partial charge in [-0.05, 0) is 50.2 Å². The van der Waals surface area contributed by atoms with Crippen LogP contribution in [0, 0.1) is 0 Å². The van der Waals surface area contributed by atoms with Gasteiger partial charge in [-0.3, -0.25) is 0 Å². The van der Waals surface area contributed by atoms with Crippen LogP contribution in [0.15, 0.2) is 24.3 Å². The molecular weight excluding hydrogens is 240 g/mol. The summed E-state index contributed by atoms with van der Waals surface area (Å²) < 4.78 is 0. The van der Waals surface area contributed by atoms with E-state index in [0.717, 1.165) is 18.7 Å². The molecule has 1 aliphatic rings. The Morgan fingerprint density at radius 1 is 1.32 bits per heavy atom. The number of carboxylic acid groups (broad SMARTS) is 1. The highest BCUT2D eigenvalue weighted by molar-refractivity contribution is 5.87. The molecule has 4 nitrogen and oxygen atoms in total. The summed E-state index contributed by atoms with van der Waals surface area (Å²) in [5, 5.41) is 12.4. The fourth-order valence-electron chi connectivity index (χ4n) is 2.48. The van der Waals surface area contributed by atoms with Gasteiger partial charge in [0.15, 0.2) is 0 Å². The summed E-state index contributed by atoms with van der Waals surface area (Å²) in [5.41, 5.74) is 1.49. The molecule has 0 aliphatic carbocycles. The maximum Gasteiger partial charge on any atom is 0.335 e. The standard InChI is InChI=1S/C15H22N2O2/c1-2-17-9-7-14(8-10-17)16-11-12-3-5-13(6-4-12)15(18)19/h3-6,14,16H,2,7-11H2,1H3,(H,18,19). The maximum atomic E-state index is 10.8. The molecule has 0 amide bonds. The highest BCUT2D eigenvalue weighted by Crippen LogP contribution is 2.11. The van der Waals surface area contributed by atoms with Crippen LogP contribution in [0.5, 0.6) is 0 Å². The first-order valence-electron chi connectivity index (χ1n) is 6.97. The van der Waals surface area contributed by atoms with Gasteiger partial charge in [0, 0.05) is 12.6 Å². The van der Waals surface area contributed by atoms with Crippen molar-refractivity contribution >= 4 is 5.97 Å². The Morgan fingerprint density at radius 3 is 2.47 bits per heavy atom. The SMILES string of the molecule is CCN1CCC(NCc2ccc(C(=O)O)cc2)CC1. The van der Waals surface area contributed by atoms with E-state index in [4.69, 9.17) is 5.11 Å². The number of hydrogen-bond acceptors (Lipinski definition) is 3. The van der Waals surface area contributed by atoms with Crippen molar-refractivity contribution in [2.45, 2.75) is 32.4 Å². The highest BCUT2D eigenvalue weighted by Gasteiger charge is 2.17. The second-order valence-electron chi connectivity index (χ2n) is 5.09. The number of hydrogen-bond donors (Lipinski definition) is 2. The van der Waals surface area contributed by atoms with Gasteiger partial charge in [-0.1, -0.05) is 19.1 Å². The molecule has 0 radical (unpaired) electrons. The number of nitrogens with zero attached hydrogens (tertiary/aromatic N) is 1. The monoisotopic (exact) mass is 262 g/mol. The summed E-state index contributed by atoms with van der Waals surface area (Å²) in [6, 6.07) is 7.69. The lowest BCUT2D eigenvalue weighted by atomic mass is 10.0. The minimum Gasteiger partial charge on any atom is -0.478 e. The first-order chi connectivity index (χ1) is 9.19. The number of rotatable bonds is 5. The summed E-state index contributed by atoms with van der Waals surface area (Å²) in [6.07, 6.45) is 2.39. The van der Waals surface area contributed by atoms with Crippen molar-refractivity contribution in [1.82, 2.24) is 10.2 Å². The fraction of sp³-hybridized carbons (Fsp3) is 0.533. The van der Waals surface area contributed by atoms with Gasteiger partial charge in [0.1, 0.15) is 0 Å². The molecule has 1 heterocycles. The molecule has 19 heavy (non-hydrogen) atoms. The zero-order chi connectivity index (χ0) is 13.7. The Balaban J connectivity index is 1.78. The third-order valence-electron chi connectivity index (χ3n) is 3.83. The molecule has 1 fully saturated rings. The van der Waals surface area contributed by atoms with Gasteiger partial charge in [0.25, 0.3) is 0 Å². The van der Waals surface area contributed by atoms with Crippen LogP contribution < -0.4 is 5.32 Å². The molecule has 0 unspecified atom stereocenters.